The minimum absolute atomic E-state index is 0. The van der Waals surface area contributed by atoms with Gasteiger partial charge in [-0.3, -0.25) is 4.57 Å². The Morgan fingerprint density at radius 2 is 1.37 bits per heavy atom. The van der Waals surface area contributed by atoms with Crippen molar-refractivity contribution in [2.45, 2.75) is 13.8 Å². The van der Waals surface area contributed by atoms with E-state index in [0.29, 0.717) is 0 Å². The summed E-state index contributed by atoms with van der Waals surface area (Å²) in [5, 5.41) is 2.46. The highest BCUT2D eigenvalue weighted by Crippen LogP contribution is 2.33. The molecule has 3 nitrogen and oxygen atoms in total. The van der Waals surface area contributed by atoms with Gasteiger partial charge in [0.05, 0.1) is 11.0 Å². The monoisotopic (exact) mass is 391 g/mol. The first-order valence-electron chi connectivity index (χ1n) is 10.4. The van der Waals surface area contributed by atoms with Crippen LogP contribution in [0.1, 0.15) is 15.3 Å². The van der Waals surface area contributed by atoms with Crippen molar-refractivity contribution in [3.05, 3.63) is 97.1 Å². The van der Waals surface area contributed by atoms with E-state index in [9.17, 15) is 0 Å². The molecule has 0 unspecified atom stereocenters. The van der Waals surface area contributed by atoms with Crippen molar-refractivity contribution >= 4 is 32.8 Å². The number of nitrogens with one attached hydrogen (secondary N) is 1. The van der Waals surface area contributed by atoms with E-state index in [1.165, 1.54) is 10.8 Å². The summed E-state index contributed by atoms with van der Waals surface area (Å²) >= 11 is 0. The van der Waals surface area contributed by atoms with Crippen molar-refractivity contribution in [1.29, 1.82) is 0 Å². The van der Waals surface area contributed by atoms with Crippen molar-refractivity contribution in [2.24, 2.45) is 0 Å². The van der Waals surface area contributed by atoms with Gasteiger partial charge >= 0.3 is 0 Å². The molecule has 2 aromatic heterocycles. The van der Waals surface area contributed by atoms with Gasteiger partial charge in [-0.1, -0.05) is 80.6 Å². The average molecular weight is 392 g/mol. The number of rotatable bonds is 2. The van der Waals surface area contributed by atoms with Crippen molar-refractivity contribution < 1.29 is 1.43 Å². The van der Waals surface area contributed by atoms with Gasteiger partial charge in [0.25, 0.3) is 0 Å². The van der Waals surface area contributed by atoms with Crippen LogP contribution in [0.4, 0.5) is 0 Å². The maximum absolute atomic E-state index is 5.02. The highest BCUT2D eigenvalue weighted by molar-refractivity contribution is 6.11. The minimum atomic E-state index is 0. The fourth-order valence-corrected chi connectivity index (χ4v) is 4.04. The first-order chi connectivity index (χ1) is 14.9. The summed E-state index contributed by atoms with van der Waals surface area (Å²) < 4.78 is 2.26. The number of para-hydroxylation sites is 2. The molecule has 6 rings (SSSR count). The Hall–Kier alpha value is -3.85. The Balaban J connectivity index is 0.000000750. The smallest absolute Gasteiger partial charge is 0.145 e. The average Bonchev–Trinajstić information content (AvgIpc) is 3.37. The van der Waals surface area contributed by atoms with Gasteiger partial charge in [-0.05, 0) is 30.3 Å². The number of hydrogen-bond donors (Lipinski definition) is 1. The highest BCUT2D eigenvalue weighted by atomic mass is 15.1. The zero-order chi connectivity index (χ0) is 20.5. The third kappa shape index (κ3) is 2.87. The van der Waals surface area contributed by atoms with Crippen LogP contribution in [0.3, 0.4) is 0 Å². The molecule has 0 fully saturated rings. The number of aromatic amines is 1. The maximum Gasteiger partial charge on any atom is 0.145 e. The second-order valence-electron chi connectivity index (χ2n) is 7.03. The molecule has 0 atom stereocenters. The van der Waals surface area contributed by atoms with Crippen LogP contribution in [0, 0.1) is 0 Å². The SMILES string of the molecule is CC.[HH].c1ccc(-c2nc3cc4[nH]c5ccccc5c4cc3n2-c2ccccc2)cc1. The largest absolute Gasteiger partial charge is 0.354 e. The first kappa shape index (κ1) is 18.2. The van der Waals surface area contributed by atoms with E-state index >= 15 is 0 Å². The number of benzene rings is 4. The second kappa shape index (κ2) is 7.53. The lowest BCUT2D eigenvalue weighted by molar-refractivity contribution is 1.10. The first-order valence-corrected chi connectivity index (χ1v) is 10.4. The molecule has 1 N–H and O–H groups in total. The van der Waals surface area contributed by atoms with E-state index in [0.717, 1.165) is 39.1 Å². The lowest BCUT2D eigenvalue weighted by atomic mass is 10.1. The van der Waals surface area contributed by atoms with E-state index in [-0.39, 0.29) is 1.43 Å². The van der Waals surface area contributed by atoms with Crippen LogP contribution in [0.5, 0.6) is 0 Å². The van der Waals surface area contributed by atoms with Crippen molar-refractivity contribution in [3.8, 4) is 17.1 Å². The summed E-state index contributed by atoms with van der Waals surface area (Å²) in [5.41, 5.74) is 6.59. The van der Waals surface area contributed by atoms with Crippen LogP contribution in [0.15, 0.2) is 97.1 Å². The Kier molecular flexibility index (Phi) is 4.56. The minimum Gasteiger partial charge on any atom is -0.354 e. The van der Waals surface area contributed by atoms with Crippen LogP contribution >= 0.6 is 0 Å². The molecule has 0 amide bonds. The van der Waals surface area contributed by atoms with Gasteiger partial charge in [0, 0.05) is 34.5 Å². The summed E-state index contributed by atoms with van der Waals surface area (Å²) in [6.07, 6.45) is 0. The fourth-order valence-electron chi connectivity index (χ4n) is 4.04. The molecule has 0 bridgehead atoms. The van der Waals surface area contributed by atoms with Gasteiger partial charge in [0.1, 0.15) is 5.82 Å². The van der Waals surface area contributed by atoms with Crippen LogP contribution < -0.4 is 0 Å². The van der Waals surface area contributed by atoms with Crippen molar-refractivity contribution in [2.75, 3.05) is 0 Å². The molecule has 4 aromatic carbocycles. The normalized spacial score (nSPS) is 11.0. The zero-order valence-electron chi connectivity index (χ0n) is 17.1. The van der Waals surface area contributed by atoms with Crippen molar-refractivity contribution in [3.63, 3.8) is 0 Å². The summed E-state index contributed by atoms with van der Waals surface area (Å²) in [5.74, 6) is 0.957. The molecular formula is C27H25N3. The van der Waals surface area contributed by atoms with Gasteiger partial charge in [-0.15, -0.1) is 0 Å². The maximum atomic E-state index is 5.02. The van der Waals surface area contributed by atoms with Gasteiger partial charge in [-0.25, -0.2) is 4.98 Å². The molecule has 0 aliphatic rings. The molecule has 0 saturated heterocycles. The number of hydrogen-bond acceptors (Lipinski definition) is 1. The summed E-state index contributed by atoms with van der Waals surface area (Å²) in [7, 11) is 0. The van der Waals surface area contributed by atoms with Crippen LogP contribution in [-0.4, -0.2) is 14.5 Å². The third-order valence-corrected chi connectivity index (χ3v) is 5.33. The molecule has 6 aromatic rings. The lowest BCUT2D eigenvalue weighted by Crippen LogP contribution is -1.97. The van der Waals surface area contributed by atoms with Gasteiger partial charge in [-0.2, -0.15) is 0 Å². The predicted octanol–water partition coefficient (Wildman–Crippen LogP) is 7.60. The number of fused-ring (bicyclic) bond motifs is 4. The number of imidazole rings is 1. The Labute approximate surface area is 177 Å². The molecule has 0 radical (unpaired) electrons. The molecule has 0 aliphatic heterocycles. The molecule has 0 spiro atoms. The topological polar surface area (TPSA) is 33.6 Å². The summed E-state index contributed by atoms with van der Waals surface area (Å²) in [4.78, 5) is 8.55. The van der Waals surface area contributed by atoms with Gasteiger partial charge in [0.15, 0.2) is 0 Å². The molecule has 3 heteroatoms. The standard InChI is InChI=1S/C25H17N3.C2H6.H2/c1-3-9-17(10-4-1)25-27-23-16-22-20(19-13-7-8-14-21(19)26-22)15-24(23)28(25)18-11-5-2-6-12-18;1-2;/h1-16,26H;1-2H3;1H. The highest BCUT2D eigenvalue weighted by Gasteiger charge is 2.16. The van der Waals surface area contributed by atoms with E-state index in [2.05, 4.69) is 94.5 Å². The fraction of sp³-hybridized carbons (Fsp3) is 0.0741. The van der Waals surface area contributed by atoms with Gasteiger partial charge in [0.2, 0.25) is 0 Å². The lowest BCUT2D eigenvalue weighted by Gasteiger charge is -2.09. The van der Waals surface area contributed by atoms with Crippen molar-refractivity contribution in [1.82, 2.24) is 14.5 Å². The Morgan fingerprint density at radius 3 is 2.13 bits per heavy atom. The molecule has 0 saturated carbocycles. The van der Waals surface area contributed by atoms with E-state index in [1.54, 1.807) is 0 Å². The number of aromatic nitrogens is 3. The zero-order valence-corrected chi connectivity index (χ0v) is 17.1. The van der Waals surface area contributed by atoms with E-state index in [1.807, 2.05) is 26.0 Å². The molecule has 148 valence electrons. The molecule has 30 heavy (non-hydrogen) atoms. The van der Waals surface area contributed by atoms with Crippen LogP contribution in [-0.2, 0) is 0 Å². The third-order valence-electron chi connectivity index (χ3n) is 5.33. The van der Waals surface area contributed by atoms with E-state index < -0.39 is 0 Å². The second-order valence-corrected chi connectivity index (χ2v) is 7.03. The van der Waals surface area contributed by atoms with Gasteiger partial charge < -0.3 is 4.98 Å². The summed E-state index contributed by atoms with van der Waals surface area (Å²) in [6.45, 7) is 4.00. The quantitative estimate of drug-likeness (QED) is 0.324. The van der Waals surface area contributed by atoms with Crippen LogP contribution in [0.25, 0.3) is 49.9 Å². The Morgan fingerprint density at radius 1 is 0.700 bits per heavy atom. The molecule has 2 heterocycles. The van der Waals surface area contributed by atoms with Crippen LogP contribution in [0.2, 0.25) is 0 Å². The molecular weight excluding hydrogens is 366 g/mol. The number of H-pyrrole nitrogens is 1. The summed E-state index contributed by atoms with van der Waals surface area (Å²) in [6, 6.07) is 33.7. The Bertz CT molecular complexity index is 1450. The predicted molar refractivity (Wildman–Crippen MR) is 129 cm³/mol. The van der Waals surface area contributed by atoms with E-state index in [4.69, 9.17) is 4.98 Å². The molecule has 0 aliphatic carbocycles. The number of nitrogens with zero attached hydrogens (tertiary/aromatic N) is 2.